The van der Waals surface area contributed by atoms with Gasteiger partial charge in [-0.25, -0.2) is 9.13 Å². The summed E-state index contributed by atoms with van der Waals surface area (Å²) in [5, 5.41) is 10.6. The van der Waals surface area contributed by atoms with Crippen molar-refractivity contribution in [1.29, 1.82) is 0 Å². The van der Waals surface area contributed by atoms with Crippen molar-refractivity contribution in [3.8, 4) is 0 Å². The highest BCUT2D eigenvalue weighted by Crippen LogP contribution is 2.45. The predicted molar refractivity (Wildman–Crippen MR) is 435 cm³/mol. The van der Waals surface area contributed by atoms with Gasteiger partial charge in [-0.2, -0.15) is 0 Å². The Labute approximate surface area is 639 Å². The Morgan fingerprint density at radius 3 is 0.830 bits per heavy atom. The number of esters is 4. The van der Waals surface area contributed by atoms with Crippen LogP contribution < -0.4 is 0 Å². The fraction of sp³-hybridized carbons (Fsp3) is 0.563. The van der Waals surface area contributed by atoms with E-state index in [1.54, 1.807) is 12.2 Å². The first-order valence-corrected chi connectivity index (χ1v) is 42.3. The molecule has 5 atom stereocenters. The van der Waals surface area contributed by atoms with Crippen molar-refractivity contribution in [1.82, 2.24) is 0 Å². The summed E-state index contributed by atoms with van der Waals surface area (Å²) >= 11 is 0. The van der Waals surface area contributed by atoms with Gasteiger partial charge in [-0.1, -0.05) is 279 Å². The minimum atomic E-state index is -5.02. The average Bonchev–Trinajstić information content (AvgIpc) is 0.902. The maximum Gasteiger partial charge on any atom is 0.472 e. The van der Waals surface area contributed by atoms with Crippen LogP contribution in [0.25, 0.3) is 0 Å². The van der Waals surface area contributed by atoms with E-state index >= 15 is 0 Å². The summed E-state index contributed by atoms with van der Waals surface area (Å²) in [4.78, 5) is 73.0. The molecule has 596 valence electrons. The molecular formula is C87H136O17P2. The fourth-order valence-corrected chi connectivity index (χ4v) is 11.0. The van der Waals surface area contributed by atoms with Crippen molar-refractivity contribution < 1.29 is 80.2 Å². The van der Waals surface area contributed by atoms with Gasteiger partial charge < -0.3 is 33.8 Å². The van der Waals surface area contributed by atoms with Crippen LogP contribution in [0.2, 0.25) is 0 Å². The van der Waals surface area contributed by atoms with Gasteiger partial charge in [0.1, 0.15) is 19.3 Å². The number of hydrogen-bond donors (Lipinski definition) is 3. The number of allylic oxidation sites excluding steroid dienone is 33. The highest BCUT2D eigenvalue weighted by Gasteiger charge is 2.30. The number of phosphoric acid groups is 2. The molecule has 0 saturated carbocycles. The molecule has 0 aromatic rings. The standard InChI is InChI=1S/C87H136O17P2/c1-5-9-13-17-21-25-29-33-37-40-44-47-51-55-59-63-67-71-84(89)97-77-82(103-86(91)73-69-65-61-57-53-49-43-36-32-28-24-20-16-12-8-4)79-101-105(93,94)99-75-81(88)76-100-106(95,96)102-80-83(104-87(92)74-70-66-62-58-54-50-46-42-39-35-31-27-23-19-15-11-7-3)78-98-85(90)72-68-64-60-56-52-48-45-41-38-34-30-26-22-18-14-10-6-2/h9-16,21-28,33-39,43,45-46,48,50,53,56-57,60,65,69,81-83,88H,5-8,17-20,29-32,40-42,44,47,49,51-52,54-55,58-59,61-64,66-68,70-80H2,1-4H3,(H,93,94)(H,95,96)/b13-9-,14-10-,15-11-,16-12-,25-21-,26-22-,27-23-,28-24-,37-33-,38-34-,39-35-,43-36-,48-45-,50-46-,57-53-,60-56-,69-65-. The van der Waals surface area contributed by atoms with Crippen LogP contribution in [0.15, 0.2) is 207 Å². The van der Waals surface area contributed by atoms with E-state index in [0.29, 0.717) is 32.1 Å². The van der Waals surface area contributed by atoms with E-state index in [9.17, 15) is 43.2 Å². The van der Waals surface area contributed by atoms with Crippen LogP contribution in [-0.4, -0.2) is 96.7 Å². The zero-order chi connectivity index (χ0) is 77.4. The number of rotatable bonds is 71. The quantitative estimate of drug-likeness (QED) is 0.0169. The first-order chi connectivity index (χ1) is 51.7. The molecule has 0 fully saturated rings. The molecule has 19 heteroatoms. The molecule has 5 unspecified atom stereocenters. The Morgan fingerprint density at radius 2 is 0.509 bits per heavy atom. The lowest BCUT2D eigenvalue weighted by Crippen LogP contribution is -2.30. The van der Waals surface area contributed by atoms with Gasteiger partial charge >= 0.3 is 39.5 Å². The minimum absolute atomic E-state index is 0.0430. The number of aliphatic hydroxyl groups excluding tert-OH is 1. The van der Waals surface area contributed by atoms with Crippen LogP contribution in [-0.2, 0) is 65.4 Å². The monoisotopic (exact) mass is 1510 g/mol. The molecule has 0 aliphatic carbocycles. The second-order valence-corrected chi connectivity index (χ2v) is 28.0. The van der Waals surface area contributed by atoms with E-state index in [-0.39, 0.29) is 25.7 Å². The van der Waals surface area contributed by atoms with Crippen LogP contribution in [0.1, 0.15) is 259 Å². The minimum Gasteiger partial charge on any atom is -0.462 e. The number of aliphatic hydroxyl groups is 1. The largest absolute Gasteiger partial charge is 0.472 e. The molecule has 0 aliphatic rings. The summed E-state index contributed by atoms with van der Waals surface area (Å²) in [6.45, 7) is 4.16. The maximum atomic E-state index is 13.1. The van der Waals surface area contributed by atoms with E-state index < -0.39 is 97.5 Å². The third-order valence-corrected chi connectivity index (χ3v) is 17.2. The second kappa shape index (κ2) is 76.8. The Kier molecular flexibility index (Phi) is 72.2. The normalized spacial score (nSPS) is 15.0. The molecule has 0 amide bonds. The van der Waals surface area contributed by atoms with E-state index in [0.717, 1.165) is 173 Å². The Bertz CT molecular complexity index is 2830. The Morgan fingerprint density at radius 1 is 0.274 bits per heavy atom. The van der Waals surface area contributed by atoms with Gasteiger partial charge in [0, 0.05) is 19.3 Å². The molecule has 0 bridgehead atoms. The fourth-order valence-electron chi connectivity index (χ4n) is 9.45. The summed E-state index contributed by atoms with van der Waals surface area (Å²) in [6, 6.07) is 0. The molecule has 0 heterocycles. The summed E-state index contributed by atoms with van der Waals surface area (Å²) < 4.78 is 68.4. The zero-order valence-corrected chi connectivity index (χ0v) is 66.8. The van der Waals surface area contributed by atoms with Crippen molar-refractivity contribution in [3.63, 3.8) is 0 Å². The number of unbranched alkanes of at least 4 members (excludes halogenated alkanes) is 12. The van der Waals surface area contributed by atoms with E-state index in [1.165, 1.54) is 0 Å². The van der Waals surface area contributed by atoms with Gasteiger partial charge in [-0.3, -0.25) is 37.3 Å². The van der Waals surface area contributed by atoms with Gasteiger partial charge in [0.25, 0.3) is 0 Å². The summed E-state index contributed by atoms with van der Waals surface area (Å²) in [5.74, 6) is -2.46. The van der Waals surface area contributed by atoms with Crippen LogP contribution in [0, 0.1) is 0 Å². The lowest BCUT2D eigenvalue weighted by Gasteiger charge is -2.21. The van der Waals surface area contributed by atoms with Crippen molar-refractivity contribution in [2.75, 3.05) is 39.6 Å². The third kappa shape index (κ3) is 75.9. The van der Waals surface area contributed by atoms with Gasteiger partial charge in [-0.15, -0.1) is 0 Å². The number of carbonyl (C=O) groups excluding carboxylic acids is 4. The highest BCUT2D eigenvalue weighted by atomic mass is 31.2. The maximum absolute atomic E-state index is 13.1. The van der Waals surface area contributed by atoms with Crippen LogP contribution in [0.4, 0.5) is 0 Å². The number of ether oxygens (including phenoxy) is 4. The SMILES string of the molecule is CC/C=C\C/C=C\C/C=C\C/C=C\C/C=C\CCCC(=O)OCC(COP(=O)(O)OCC(O)COP(=O)(O)OCC(COC(=O)CCCCCCCCC/C=C\C/C=C\C/C=C\CC)OC(=O)C/C=C\C/C=C\C/C=C\C/C=C\C/C=C\CC)OC(=O)CCCCCC/C=C\C/C=C\C/C=C\C/C=C\CC. The molecule has 0 saturated heterocycles. The van der Waals surface area contributed by atoms with Gasteiger partial charge in [0.2, 0.25) is 0 Å². The molecule has 17 nitrogen and oxygen atoms in total. The lowest BCUT2D eigenvalue weighted by molar-refractivity contribution is -0.161. The number of carbonyl (C=O) groups is 4. The van der Waals surface area contributed by atoms with Crippen LogP contribution in [0.3, 0.4) is 0 Å². The van der Waals surface area contributed by atoms with E-state index in [4.69, 9.17) is 37.0 Å². The van der Waals surface area contributed by atoms with Crippen LogP contribution >= 0.6 is 15.6 Å². The number of phosphoric ester groups is 2. The first-order valence-electron chi connectivity index (χ1n) is 39.3. The number of hydrogen-bond acceptors (Lipinski definition) is 15. The summed E-state index contributed by atoms with van der Waals surface area (Å²) in [5.41, 5.74) is 0. The van der Waals surface area contributed by atoms with Crippen molar-refractivity contribution in [3.05, 3.63) is 207 Å². The molecule has 0 spiro atoms. The molecule has 3 N–H and O–H groups in total. The van der Waals surface area contributed by atoms with Crippen LogP contribution in [0.5, 0.6) is 0 Å². The predicted octanol–water partition coefficient (Wildman–Crippen LogP) is 23.1. The smallest absolute Gasteiger partial charge is 0.462 e. The Balaban J connectivity index is 5.54. The molecular weight excluding hydrogens is 1380 g/mol. The first kappa shape index (κ1) is 99.6. The highest BCUT2D eigenvalue weighted by molar-refractivity contribution is 7.47. The summed E-state index contributed by atoms with van der Waals surface area (Å²) in [7, 11) is -10.0. The lowest BCUT2D eigenvalue weighted by atomic mass is 10.1. The van der Waals surface area contributed by atoms with Crippen molar-refractivity contribution >= 4 is 39.5 Å². The third-order valence-electron chi connectivity index (χ3n) is 15.3. The van der Waals surface area contributed by atoms with E-state index in [2.05, 4.69) is 198 Å². The van der Waals surface area contributed by atoms with E-state index in [1.807, 2.05) is 24.3 Å². The van der Waals surface area contributed by atoms with Gasteiger partial charge in [0.05, 0.1) is 32.8 Å². The van der Waals surface area contributed by atoms with Crippen molar-refractivity contribution in [2.24, 2.45) is 0 Å². The van der Waals surface area contributed by atoms with Crippen molar-refractivity contribution in [2.45, 2.75) is 277 Å². The summed E-state index contributed by atoms with van der Waals surface area (Å²) in [6.07, 6.45) is 95.6. The topological polar surface area (TPSA) is 237 Å². The molecule has 0 rings (SSSR count). The van der Waals surface area contributed by atoms with Gasteiger partial charge in [-0.05, 0) is 161 Å². The Hall–Kier alpha value is -6.36. The zero-order valence-electron chi connectivity index (χ0n) is 65.0. The molecule has 0 radical (unpaired) electrons. The molecule has 0 aliphatic heterocycles. The molecule has 0 aromatic heterocycles. The molecule has 0 aromatic carbocycles. The van der Waals surface area contributed by atoms with Gasteiger partial charge in [0.15, 0.2) is 12.2 Å². The second-order valence-electron chi connectivity index (χ2n) is 25.1. The average molecular weight is 1520 g/mol. The molecule has 106 heavy (non-hydrogen) atoms.